The predicted octanol–water partition coefficient (Wildman–Crippen LogP) is 12.5. The first kappa shape index (κ1) is 33.1. The highest BCUT2D eigenvalue weighted by atomic mass is 16.1. The number of rotatable bonds is 7. The number of hydrogen-bond acceptors (Lipinski definition) is 4. The molecule has 2 heterocycles. The van der Waals surface area contributed by atoms with Gasteiger partial charge in [0.2, 0.25) is 0 Å². The van der Waals surface area contributed by atoms with Crippen molar-refractivity contribution in [1.82, 2.24) is 4.40 Å². The minimum atomic E-state index is -0.0906. The fourth-order valence-electron chi connectivity index (χ4n) is 8.16. The molecule has 5 heteroatoms. The maximum absolute atomic E-state index is 14.5. The van der Waals surface area contributed by atoms with E-state index in [0.29, 0.717) is 27.1 Å². The Labute approximate surface area is 323 Å². The Bertz CT molecular complexity index is 3090. The van der Waals surface area contributed by atoms with E-state index in [4.69, 9.17) is 0 Å². The lowest BCUT2D eigenvalue weighted by atomic mass is 9.98. The number of aryl methyl sites for hydroxylation is 1. The molecule has 0 bridgehead atoms. The van der Waals surface area contributed by atoms with Crippen molar-refractivity contribution in [1.29, 1.82) is 0 Å². The molecule has 2 aromatic heterocycles. The standard InChI is InChI=1S/C51H35N3O2/c1-34-30-45-49-46(31-34)51(56)44-33-42(53(39-18-10-4-11-19-39)40-20-12-5-13-21-40)27-29-48(44)54(49)47-28-24-36(32-43(47)50(45)55)35-22-25-41(26-23-35)52(37-14-6-2-7-15-37)38-16-8-3-9-17-38/h2-33H,1H3. The van der Waals surface area contributed by atoms with Crippen molar-refractivity contribution in [3.05, 3.63) is 220 Å². The first-order valence-electron chi connectivity index (χ1n) is 18.8. The summed E-state index contributed by atoms with van der Waals surface area (Å²) < 4.78 is 2.11. The fraction of sp³-hybridized carbons (Fsp3) is 0.0196. The summed E-state index contributed by atoms with van der Waals surface area (Å²) in [5.41, 5.74) is 10.8. The molecule has 56 heavy (non-hydrogen) atoms. The van der Waals surface area contributed by atoms with E-state index in [1.807, 2.05) is 116 Å². The monoisotopic (exact) mass is 721 g/mol. The van der Waals surface area contributed by atoms with Crippen LogP contribution >= 0.6 is 0 Å². The van der Waals surface area contributed by atoms with Gasteiger partial charge < -0.3 is 14.2 Å². The zero-order chi connectivity index (χ0) is 37.8. The molecule has 5 nitrogen and oxygen atoms in total. The summed E-state index contributed by atoms with van der Waals surface area (Å²) in [5, 5.41) is 2.27. The van der Waals surface area contributed by atoms with Crippen LogP contribution in [0.5, 0.6) is 0 Å². The van der Waals surface area contributed by atoms with Gasteiger partial charge in [0.25, 0.3) is 0 Å². The van der Waals surface area contributed by atoms with Crippen molar-refractivity contribution in [2.75, 3.05) is 9.80 Å². The molecule has 0 unspecified atom stereocenters. The summed E-state index contributed by atoms with van der Waals surface area (Å²) in [5.74, 6) is 0. The lowest BCUT2D eigenvalue weighted by molar-refractivity contribution is 1.27. The average Bonchev–Trinajstić information content (AvgIpc) is 3.25. The summed E-state index contributed by atoms with van der Waals surface area (Å²) in [6, 6.07) is 65.5. The van der Waals surface area contributed by atoms with Crippen LogP contribution in [0.3, 0.4) is 0 Å². The van der Waals surface area contributed by atoms with Crippen LogP contribution in [0.4, 0.5) is 34.1 Å². The van der Waals surface area contributed by atoms with Gasteiger partial charge in [-0.1, -0.05) is 91.0 Å². The Balaban J connectivity index is 1.15. The molecule has 0 saturated carbocycles. The summed E-state index contributed by atoms with van der Waals surface area (Å²) in [6.45, 7) is 1.95. The van der Waals surface area contributed by atoms with Gasteiger partial charge in [0.1, 0.15) is 0 Å². The van der Waals surface area contributed by atoms with Gasteiger partial charge in [0.15, 0.2) is 10.9 Å². The normalized spacial score (nSPS) is 11.4. The molecule has 0 aliphatic rings. The topological polar surface area (TPSA) is 45.0 Å². The Morgan fingerprint density at radius 3 is 1.21 bits per heavy atom. The summed E-state index contributed by atoms with van der Waals surface area (Å²) in [6.07, 6.45) is 0. The second kappa shape index (κ2) is 13.4. The third-order valence-electron chi connectivity index (χ3n) is 10.7. The van der Waals surface area contributed by atoms with Crippen molar-refractivity contribution in [2.45, 2.75) is 6.92 Å². The highest BCUT2D eigenvalue weighted by Gasteiger charge is 2.21. The van der Waals surface area contributed by atoms with Crippen molar-refractivity contribution >= 4 is 72.2 Å². The third kappa shape index (κ3) is 5.48. The third-order valence-corrected chi connectivity index (χ3v) is 10.7. The van der Waals surface area contributed by atoms with Crippen LogP contribution in [-0.4, -0.2) is 4.40 Å². The molecule has 0 fully saturated rings. The Kier molecular flexibility index (Phi) is 7.93. The molecule has 0 radical (unpaired) electrons. The largest absolute Gasteiger partial charge is 0.311 e. The lowest BCUT2D eigenvalue weighted by Gasteiger charge is -2.26. The van der Waals surface area contributed by atoms with Crippen molar-refractivity contribution in [2.24, 2.45) is 0 Å². The maximum atomic E-state index is 14.5. The van der Waals surface area contributed by atoms with E-state index in [-0.39, 0.29) is 10.9 Å². The van der Waals surface area contributed by atoms with Crippen LogP contribution in [0.15, 0.2) is 204 Å². The highest BCUT2D eigenvalue weighted by molar-refractivity contribution is 6.09. The molecule has 0 N–H and O–H groups in total. The molecular weight excluding hydrogens is 687 g/mol. The molecule has 0 saturated heterocycles. The number of benzene rings is 8. The van der Waals surface area contributed by atoms with E-state index < -0.39 is 0 Å². The van der Waals surface area contributed by atoms with Crippen LogP contribution in [0.25, 0.3) is 49.2 Å². The highest BCUT2D eigenvalue weighted by Crippen LogP contribution is 2.38. The summed E-state index contributed by atoms with van der Waals surface area (Å²) in [7, 11) is 0. The molecule has 0 atom stereocenters. The minimum absolute atomic E-state index is 0.0822. The number of nitrogens with zero attached hydrogens (tertiary/aromatic N) is 3. The Morgan fingerprint density at radius 1 is 0.357 bits per heavy atom. The Morgan fingerprint density at radius 2 is 0.732 bits per heavy atom. The van der Waals surface area contributed by atoms with Gasteiger partial charge in [-0.15, -0.1) is 0 Å². The second-order valence-corrected chi connectivity index (χ2v) is 14.2. The summed E-state index contributed by atoms with van der Waals surface area (Å²) >= 11 is 0. The number of para-hydroxylation sites is 4. The van der Waals surface area contributed by atoms with Crippen molar-refractivity contribution < 1.29 is 0 Å². The zero-order valence-corrected chi connectivity index (χ0v) is 30.6. The van der Waals surface area contributed by atoms with Gasteiger partial charge in [-0.25, -0.2) is 0 Å². The van der Waals surface area contributed by atoms with Crippen LogP contribution < -0.4 is 20.7 Å². The van der Waals surface area contributed by atoms with Crippen molar-refractivity contribution in [3.8, 4) is 11.1 Å². The number of hydrogen-bond donors (Lipinski definition) is 0. The smallest absolute Gasteiger partial charge is 0.197 e. The summed E-state index contributed by atoms with van der Waals surface area (Å²) in [4.78, 5) is 33.4. The van der Waals surface area contributed by atoms with E-state index in [1.54, 1.807) is 0 Å². The molecule has 0 aliphatic heterocycles. The van der Waals surface area contributed by atoms with Crippen LogP contribution in [-0.2, 0) is 0 Å². The lowest BCUT2D eigenvalue weighted by Crippen LogP contribution is -2.15. The molecule has 10 rings (SSSR count). The van der Waals surface area contributed by atoms with Crippen LogP contribution in [0.2, 0.25) is 0 Å². The van der Waals surface area contributed by atoms with E-state index in [2.05, 4.69) is 99.1 Å². The SMILES string of the molecule is Cc1cc2c(=O)c3cc(-c4ccc(N(c5ccccc5)c5ccccc5)cc4)ccc3n3c4ccc(N(c5ccccc5)c5ccccc5)cc4c(=O)c(c1)c23. The van der Waals surface area contributed by atoms with Crippen LogP contribution in [0, 0.1) is 6.92 Å². The second-order valence-electron chi connectivity index (χ2n) is 14.2. The Hall–Kier alpha value is -7.50. The fourth-order valence-corrected chi connectivity index (χ4v) is 8.16. The van der Waals surface area contributed by atoms with E-state index in [1.165, 1.54) is 0 Å². The van der Waals surface area contributed by atoms with Crippen LogP contribution in [0.1, 0.15) is 5.56 Å². The predicted molar refractivity (Wildman–Crippen MR) is 233 cm³/mol. The number of anilines is 6. The van der Waals surface area contributed by atoms with Gasteiger partial charge in [0.05, 0.1) is 16.6 Å². The first-order chi connectivity index (χ1) is 27.5. The van der Waals surface area contributed by atoms with E-state index in [0.717, 1.165) is 61.8 Å². The quantitative estimate of drug-likeness (QED) is 0.121. The van der Waals surface area contributed by atoms with Gasteiger partial charge >= 0.3 is 0 Å². The van der Waals surface area contributed by atoms with E-state index >= 15 is 0 Å². The molecule has 8 aromatic carbocycles. The zero-order valence-electron chi connectivity index (χ0n) is 30.6. The van der Waals surface area contributed by atoms with Crippen molar-refractivity contribution in [3.63, 3.8) is 0 Å². The molecule has 10 aromatic rings. The average molecular weight is 722 g/mol. The maximum Gasteiger partial charge on any atom is 0.197 e. The number of fused-ring (bicyclic) bond motifs is 4. The van der Waals surface area contributed by atoms with Gasteiger partial charge in [0, 0.05) is 55.7 Å². The molecule has 266 valence electrons. The number of pyridine rings is 2. The molecule has 0 amide bonds. The van der Waals surface area contributed by atoms with Gasteiger partial charge in [-0.3, -0.25) is 9.59 Å². The number of aromatic nitrogens is 1. The molecular formula is C51H35N3O2. The molecule has 0 spiro atoms. The van der Waals surface area contributed by atoms with Gasteiger partial charge in [-0.2, -0.15) is 0 Å². The van der Waals surface area contributed by atoms with Gasteiger partial charge in [-0.05, 0) is 127 Å². The first-order valence-corrected chi connectivity index (χ1v) is 18.8. The van der Waals surface area contributed by atoms with E-state index in [9.17, 15) is 9.59 Å². The minimum Gasteiger partial charge on any atom is -0.311 e. The molecule has 0 aliphatic carbocycles.